The minimum Gasteiger partial charge on any atom is -0.370 e. The molecule has 0 saturated carbocycles. The summed E-state index contributed by atoms with van der Waals surface area (Å²) in [6.07, 6.45) is 0. The number of nitrogens with two attached hydrogens (primary N) is 1. The lowest BCUT2D eigenvalue weighted by molar-refractivity contribution is -0.135. The molecule has 102 valence electrons. The number of carbonyl (C=O) groups excluding carboxylic acids is 1. The Labute approximate surface area is 111 Å². The van der Waals surface area contributed by atoms with Crippen LogP contribution in [-0.2, 0) is 16.1 Å². The van der Waals surface area contributed by atoms with Crippen LogP contribution in [0.5, 0.6) is 0 Å². The van der Waals surface area contributed by atoms with Crippen molar-refractivity contribution in [1.82, 2.24) is 4.90 Å². The van der Waals surface area contributed by atoms with Gasteiger partial charge < -0.3 is 15.4 Å². The van der Waals surface area contributed by atoms with Gasteiger partial charge in [0.15, 0.2) is 0 Å². The average Bonchev–Trinajstić information content (AvgIpc) is 2.41. The molecule has 6 heteroatoms. The standard InChI is InChI=1S/C13H16FN3O2/c1-17(13(18)9-19-5-4-15)8-11-6-10(7-16)2-3-12(11)14/h2-3,6H,4-5,8-9,15H2,1H3. The molecule has 0 aliphatic rings. The van der Waals surface area contributed by atoms with Crippen molar-refractivity contribution < 1.29 is 13.9 Å². The number of likely N-dealkylation sites (N-methyl/N-ethyl adjacent to an activating group) is 1. The van der Waals surface area contributed by atoms with Crippen molar-refractivity contribution >= 4 is 5.91 Å². The average molecular weight is 265 g/mol. The van der Waals surface area contributed by atoms with E-state index in [1.54, 1.807) is 7.05 Å². The molecule has 0 aromatic heterocycles. The number of halogens is 1. The minimum atomic E-state index is -0.443. The van der Waals surface area contributed by atoms with Crippen LogP contribution in [-0.4, -0.2) is 37.6 Å². The Bertz CT molecular complexity index is 485. The van der Waals surface area contributed by atoms with Gasteiger partial charge >= 0.3 is 0 Å². The fraction of sp³-hybridized carbons (Fsp3) is 0.385. The van der Waals surface area contributed by atoms with E-state index in [4.69, 9.17) is 15.7 Å². The Morgan fingerprint density at radius 1 is 1.58 bits per heavy atom. The van der Waals surface area contributed by atoms with Gasteiger partial charge in [-0.1, -0.05) is 0 Å². The van der Waals surface area contributed by atoms with Gasteiger partial charge in [-0.3, -0.25) is 4.79 Å². The van der Waals surface area contributed by atoms with Gasteiger partial charge in [0.1, 0.15) is 12.4 Å². The van der Waals surface area contributed by atoms with Crippen molar-refractivity contribution in [3.8, 4) is 6.07 Å². The number of nitrogens with zero attached hydrogens (tertiary/aromatic N) is 2. The molecule has 2 N–H and O–H groups in total. The highest BCUT2D eigenvalue weighted by Crippen LogP contribution is 2.12. The number of hydrogen-bond acceptors (Lipinski definition) is 4. The summed E-state index contributed by atoms with van der Waals surface area (Å²) in [6.45, 7) is 0.646. The van der Waals surface area contributed by atoms with Gasteiger partial charge in [-0.25, -0.2) is 4.39 Å². The third-order valence-electron chi connectivity index (χ3n) is 2.50. The number of benzene rings is 1. The first kappa shape index (κ1) is 15.1. The quantitative estimate of drug-likeness (QED) is 0.765. The van der Waals surface area contributed by atoms with Crippen LogP contribution in [0.4, 0.5) is 4.39 Å². The summed E-state index contributed by atoms with van der Waals surface area (Å²) in [5.74, 6) is -0.711. The number of nitriles is 1. The van der Waals surface area contributed by atoms with Crippen molar-refractivity contribution in [3.05, 3.63) is 35.1 Å². The smallest absolute Gasteiger partial charge is 0.248 e. The van der Waals surface area contributed by atoms with Gasteiger partial charge in [-0.15, -0.1) is 0 Å². The molecule has 1 amide bonds. The molecule has 1 aromatic carbocycles. The molecule has 5 nitrogen and oxygen atoms in total. The zero-order valence-corrected chi connectivity index (χ0v) is 10.7. The van der Waals surface area contributed by atoms with Crippen molar-refractivity contribution in [2.24, 2.45) is 5.73 Å². The van der Waals surface area contributed by atoms with Gasteiger partial charge in [-0.05, 0) is 18.2 Å². The predicted molar refractivity (Wildman–Crippen MR) is 67.5 cm³/mol. The third-order valence-corrected chi connectivity index (χ3v) is 2.50. The number of carbonyl (C=O) groups is 1. The first-order valence-corrected chi connectivity index (χ1v) is 5.78. The first-order valence-electron chi connectivity index (χ1n) is 5.78. The zero-order valence-electron chi connectivity index (χ0n) is 10.7. The van der Waals surface area contributed by atoms with Gasteiger partial charge in [0.25, 0.3) is 0 Å². The van der Waals surface area contributed by atoms with Crippen LogP contribution >= 0.6 is 0 Å². The molecule has 1 rings (SSSR count). The third kappa shape index (κ3) is 4.66. The van der Waals surface area contributed by atoms with Crippen LogP contribution in [0.2, 0.25) is 0 Å². The minimum absolute atomic E-state index is 0.0895. The fourth-order valence-corrected chi connectivity index (χ4v) is 1.46. The zero-order chi connectivity index (χ0) is 14.3. The van der Waals surface area contributed by atoms with Gasteiger partial charge in [0.2, 0.25) is 5.91 Å². The van der Waals surface area contributed by atoms with E-state index in [-0.39, 0.29) is 19.1 Å². The monoisotopic (exact) mass is 265 g/mol. The second-order valence-electron chi connectivity index (χ2n) is 4.01. The highest BCUT2D eigenvalue weighted by atomic mass is 19.1. The Morgan fingerprint density at radius 2 is 2.32 bits per heavy atom. The normalized spacial score (nSPS) is 10.0. The van der Waals surface area contributed by atoms with Crippen molar-refractivity contribution in [2.45, 2.75) is 6.54 Å². The molecule has 0 saturated heterocycles. The van der Waals surface area contributed by atoms with Crippen LogP contribution in [0, 0.1) is 17.1 Å². The maximum atomic E-state index is 13.5. The van der Waals surface area contributed by atoms with E-state index < -0.39 is 5.82 Å². The summed E-state index contributed by atoms with van der Waals surface area (Å²) in [5.41, 5.74) is 5.89. The summed E-state index contributed by atoms with van der Waals surface area (Å²) in [7, 11) is 1.55. The molecule has 0 spiro atoms. The molecule has 1 aromatic rings. The molecule has 0 radical (unpaired) electrons. The van der Waals surface area contributed by atoms with Crippen LogP contribution < -0.4 is 5.73 Å². The summed E-state index contributed by atoms with van der Waals surface area (Å²) in [5, 5.41) is 8.75. The van der Waals surface area contributed by atoms with Crippen molar-refractivity contribution in [1.29, 1.82) is 5.26 Å². The van der Waals surface area contributed by atoms with Crippen LogP contribution in [0.3, 0.4) is 0 Å². The van der Waals surface area contributed by atoms with Gasteiger partial charge in [0.05, 0.1) is 18.2 Å². The van der Waals surface area contributed by atoms with Crippen molar-refractivity contribution in [2.75, 3.05) is 26.8 Å². The van der Waals surface area contributed by atoms with E-state index >= 15 is 0 Å². The van der Waals surface area contributed by atoms with Crippen LogP contribution in [0.25, 0.3) is 0 Å². The van der Waals surface area contributed by atoms with E-state index in [1.165, 1.54) is 23.1 Å². The molecular formula is C13H16FN3O2. The maximum absolute atomic E-state index is 13.5. The van der Waals surface area contributed by atoms with E-state index in [0.717, 1.165) is 0 Å². The lowest BCUT2D eigenvalue weighted by Crippen LogP contribution is -2.30. The van der Waals surface area contributed by atoms with E-state index in [1.807, 2.05) is 6.07 Å². The largest absolute Gasteiger partial charge is 0.370 e. The summed E-state index contributed by atoms with van der Waals surface area (Å²) in [6, 6.07) is 5.97. The van der Waals surface area contributed by atoms with Crippen molar-refractivity contribution in [3.63, 3.8) is 0 Å². The number of ether oxygens (including phenoxy) is 1. The van der Waals surface area contributed by atoms with Gasteiger partial charge in [0, 0.05) is 25.7 Å². The van der Waals surface area contributed by atoms with E-state index in [0.29, 0.717) is 24.3 Å². The molecule has 0 atom stereocenters. The van der Waals surface area contributed by atoms with Gasteiger partial charge in [-0.2, -0.15) is 5.26 Å². The SMILES string of the molecule is CN(Cc1cc(C#N)ccc1F)C(=O)COCCN. The lowest BCUT2D eigenvalue weighted by Gasteiger charge is -2.17. The second kappa shape index (κ2) is 7.46. The molecule has 0 aliphatic carbocycles. The van der Waals surface area contributed by atoms with Crippen LogP contribution in [0.1, 0.15) is 11.1 Å². The highest BCUT2D eigenvalue weighted by Gasteiger charge is 2.12. The number of hydrogen-bond donors (Lipinski definition) is 1. The summed E-state index contributed by atoms with van der Waals surface area (Å²) in [4.78, 5) is 13.0. The molecule has 19 heavy (non-hydrogen) atoms. The molecule has 0 bridgehead atoms. The highest BCUT2D eigenvalue weighted by molar-refractivity contribution is 5.77. The number of rotatable bonds is 6. The second-order valence-corrected chi connectivity index (χ2v) is 4.01. The molecule has 0 unspecified atom stereocenters. The first-order chi connectivity index (χ1) is 9.08. The molecule has 0 heterocycles. The Balaban J connectivity index is 2.63. The topological polar surface area (TPSA) is 79.3 Å². The summed E-state index contributed by atoms with van der Waals surface area (Å²) >= 11 is 0. The Kier molecular flexibility index (Phi) is 5.93. The van der Waals surface area contributed by atoms with Crippen LogP contribution in [0.15, 0.2) is 18.2 Å². The Morgan fingerprint density at radius 3 is 2.95 bits per heavy atom. The Hall–Kier alpha value is -1.97. The summed E-state index contributed by atoms with van der Waals surface area (Å²) < 4.78 is 18.6. The molecule has 0 aliphatic heterocycles. The van der Waals surface area contributed by atoms with E-state index in [9.17, 15) is 9.18 Å². The molecule has 0 fully saturated rings. The lowest BCUT2D eigenvalue weighted by atomic mass is 10.1. The number of amides is 1. The molecular weight excluding hydrogens is 249 g/mol. The van der Waals surface area contributed by atoms with E-state index in [2.05, 4.69) is 0 Å². The fourth-order valence-electron chi connectivity index (χ4n) is 1.46. The predicted octanol–water partition coefficient (Wildman–Crippen LogP) is 0.631. The maximum Gasteiger partial charge on any atom is 0.248 e.